The molecule has 28 heavy (non-hydrogen) atoms. The molecule has 7 rings (SSSR count). The highest BCUT2D eigenvalue weighted by Crippen LogP contribution is 2.65. The summed E-state index contributed by atoms with van der Waals surface area (Å²) in [6.07, 6.45) is 10.1. The molecule has 148 valence electrons. The van der Waals surface area contributed by atoms with Crippen LogP contribution in [0.15, 0.2) is 12.4 Å². The van der Waals surface area contributed by atoms with Crippen molar-refractivity contribution in [3.8, 4) is 0 Å². The summed E-state index contributed by atoms with van der Waals surface area (Å²) < 4.78 is 8.29. The lowest BCUT2D eigenvalue weighted by molar-refractivity contribution is -0.0305. The van der Waals surface area contributed by atoms with E-state index in [4.69, 9.17) is 21.2 Å². The van der Waals surface area contributed by atoms with E-state index in [1.807, 2.05) is 6.20 Å². The molecule has 3 heterocycles. The van der Waals surface area contributed by atoms with Gasteiger partial charge in [0.25, 0.3) is 0 Å². The van der Waals surface area contributed by atoms with Crippen molar-refractivity contribution < 1.29 is 4.74 Å². The van der Waals surface area contributed by atoms with Crippen LogP contribution in [0, 0.1) is 5.92 Å². The molecule has 4 aliphatic carbocycles. The lowest BCUT2D eigenvalue weighted by Crippen LogP contribution is -2.56. The first-order valence-electron chi connectivity index (χ1n) is 10.4. The summed E-state index contributed by atoms with van der Waals surface area (Å²) in [4.78, 5) is 11.7. The number of nitrogen functional groups attached to an aromatic ring is 2. The van der Waals surface area contributed by atoms with Gasteiger partial charge < -0.3 is 21.1 Å². The Kier molecular flexibility index (Phi) is 3.31. The van der Waals surface area contributed by atoms with E-state index in [-0.39, 0.29) is 17.6 Å². The predicted molar refractivity (Wildman–Crippen MR) is 106 cm³/mol. The Bertz CT molecular complexity index is 920. The number of nitrogens with two attached hydrogens (primary N) is 2. The molecule has 2 atom stereocenters. The first-order chi connectivity index (χ1) is 13.5. The molecule has 8 nitrogen and oxygen atoms in total. The van der Waals surface area contributed by atoms with Crippen molar-refractivity contribution in [3.63, 3.8) is 0 Å². The summed E-state index contributed by atoms with van der Waals surface area (Å²) in [5.74, 6) is 1.94. The normalized spacial score (nSPS) is 34.0. The minimum absolute atomic E-state index is 0.0444. The number of morpholine rings is 1. The van der Waals surface area contributed by atoms with Crippen LogP contribution in [0.4, 0.5) is 17.5 Å². The molecule has 0 spiro atoms. The Morgan fingerprint density at radius 1 is 1.14 bits per heavy atom. The Morgan fingerprint density at radius 2 is 1.93 bits per heavy atom. The standard InChI is InChI=1S/C20H27N7O/c1-11-8-26(10-15(28-11)13-7-23-27(9-13)14-2-3-14)19-24-17(16(21)18(22)25-19)20-4-12(5-20)6-20/h7,9,11-12,14-15H,2-6,8,10,21H2,1H3,(H2,22,24,25)/t11-,12?,15-,20?/m1/s1. The topological polar surface area (TPSA) is 108 Å². The first kappa shape index (κ1) is 16.6. The number of hydrogen-bond donors (Lipinski definition) is 2. The summed E-state index contributed by atoms with van der Waals surface area (Å²) >= 11 is 0. The summed E-state index contributed by atoms with van der Waals surface area (Å²) in [6, 6.07) is 0.571. The van der Waals surface area contributed by atoms with Crippen molar-refractivity contribution in [1.29, 1.82) is 0 Å². The fourth-order valence-corrected chi connectivity index (χ4v) is 5.15. The fourth-order valence-electron chi connectivity index (χ4n) is 5.15. The SMILES string of the molecule is C[C@@H]1CN(c2nc(N)c(N)c(C34CC(C3)C4)n2)C[C@H](c2cnn(C3CC3)c2)O1. The second kappa shape index (κ2) is 5.59. The van der Waals surface area contributed by atoms with Crippen LogP contribution in [-0.4, -0.2) is 38.9 Å². The van der Waals surface area contributed by atoms with E-state index in [2.05, 4.69) is 32.8 Å². The summed E-state index contributed by atoms with van der Waals surface area (Å²) in [5.41, 5.74) is 15.3. The molecule has 8 heteroatoms. The van der Waals surface area contributed by atoms with Gasteiger partial charge in [0.1, 0.15) is 6.10 Å². The zero-order chi connectivity index (χ0) is 19.0. The summed E-state index contributed by atoms with van der Waals surface area (Å²) in [7, 11) is 0. The highest BCUT2D eigenvalue weighted by molar-refractivity contribution is 5.66. The van der Waals surface area contributed by atoms with E-state index < -0.39 is 0 Å². The number of ether oxygens (including phenoxy) is 1. The number of aromatic nitrogens is 4. The largest absolute Gasteiger partial charge is 0.394 e. The Hall–Kier alpha value is -2.35. The average molecular weight is 381 g/mol. The van der Waals surface area contributed by atoms with E-state index in [1.54, 1.807) is 0 Å². The Balaban J connectivity index is 1.29. The van der Waals surface area contributed by atoms with Crippen molar-refractivity contribution in [2.75, 3.05) is 29.5 Å². The van der Waals surface area contributed by atoms with E-state index in [1.165, 1.54) is 32.1 Å². The minimum Gasteiger partial charge on any atom is -0.394 e. The van der Waals surface area contributed by atoms with Crippen LogP contribution in [-0.2, 0) is 10.2 Å². The van der Waals surface area contributed by atoms with Crippen LogP contribution in [0.2, 0.25) is 0 Å². The van der Waals surface area contributed by atoms with Crippen LogP contribution in [0.5, 0.6) is 0 Å². The Labute approximate surface area is 164 Å². The van der Waals surface area contributed by atoms with Gasteiger partial charge in [-0.05, 0) is 44.9 Å². The molecule has 0 aromatic carbocycles. The molecule has 4 N–H and O–H groups in total. The highest BCUT2D eigenvalue weighted by atomic mass is 16.5. The molecule has 0 radical (unpaired) electrons. The van der Waals surface area contributed by atoms with Gasteiger partial charge in [-0.15, -0.1) is 0 Å². The third-order valence-corrected chi connectivity index (χ3v) is 6.96. The summed E-state index contributed by atoms with van der Waals surface area (Å²) in [6.45, 7) is 3.53. The number of nitrogens with zero attached hydrogens (tertiary/aromatic N) is 5. The molecule has 2 aromatic heterocycles. The van der Waals surface area contributed by atoms with Crippen LogP contribution < -0.4 is 16.4 Å². The lowest BCUT2D eigenvalue weighted by Gasteiger charge is -2.61. The third-order valence-electron chi connectivity index (χ3n) is 6.96. The van der Waals surface area contributed by atoms with Crippen molar-refractivity contribution in [2.45, 2.75) is 62.7 Å². The van der Waals surface area contributed by atoms with Gasteiger partial charge in [-0.2, -0.15) is 10.1 Å². The highest BCUT2D eigenvalue weighted by Gasteiger charge is 2.59. The zero-order valence-corrected chi connectivity index (χ0v) is 16.2. The van der Waals surface area contributed by atoms with E-state index >= 15 is 0 Å². The molecular formula is C20H27N7O. The van der Waals surface area contributed by atoms with Crippen molar-refractivity contribution >= 4 is 17.5 Å². The number of hydrogen-bond acceptors (Lipinski definition) is 7. The molecule has 4 saturated carbocycles. The van der Waals surface area contributed by atoms with Gasteiger partial charge in [-0.3, -0.25) is 4.68 Å². The van der Waals surface area contributed by atoms with Crippen molar-refractivity contribution in [1.82, 2.24) is 19.7 Å². The average Bonchev–Trinajstić information content (AvgIpc) is 3.32. The van der Waals surface area contributed by atoms with Gasteiger partial charge in [0.2, 0.25) is 5.95 Å². The maximum Gasteiger partial charge on any atom is 0.227 e. The smallest absolute Gasteiger partial charge is 0.227 e. The van der Waals surface area contributed by atoms with Crippen LogP contribution in [0.1, 0.15) is 62.4 Å². The summed E-state index contributed by atoms with van der Waals surface area (Å²) in [5, 5.41) is 4.52. The quantitative estimate of drug-likeness (QED) is 0.835. The van der Waals surface area contributed by atoms with Gasteiger partial charge in [0.15, 0.2) is 5.82 Å². The second-order valence-corrected chi connectivity index (χ2v) is 9.26. The van der Waals surface area contributed by atoms with Gasteiger partial charge in [0, 0.05) is 23.7 Å². The van der Waals surface area contributed by atoms with Gasteiger partial charge in [-0.1, -0.05) is 0 Å². The number of rotatable bonds is 4. The van der Waals surface area contributed by atoms with E-state index in [0.717, 1.165) is 23.7 Å². The van der Waals surface area contributed by atoms with Crippen LogP contribution in [0.25, 0.3) is 0 Å². The third kappa shape index (κ3) is 2.43. The zero-order valence-electron chi connectivity index (χ0n) is 16.2. The molecule has 5 aliphatic rings. The minimum atomic E-state index is -0.0444. The molecule has 0 unspecified atom stereocenters. The number of anilines is 3. The fraction of sp³-hybridized carbons (Fsp3) is 0.650. The predicted octanol–water partition coefficient (Wildman–Crippen LogP) is 2.19. The molecule has 2 aromatic rings. The molecule has 1 aliphatic heterocycles. The van der Waals surface area contributed by atoms with Crippen molar-refractivity contribution in [2.24, 2.45) is 5.92 Å². The monoisotopic (exact) mass is 381 g/mol. The van der Waals surface area contributed by atoms with Gasteiger partial charge >= 0.3 is 0 Å². The second-order valence-electron chi connectivity index (χ2n) is 9.26. The maximum absolute atomic E-state index is 6.28. The molecular weight excluding hydrogens is 354 g/mol. The van der Waals surface area contributed by atoms with Crippen LogP contribution in [0.3, 0.4) is 0 Å². The van der Waals surface area contributed by atoms with Crippen LogP contribution >= 0.6 is 0 Å². The molecule has 2 bridgehead atoms. The first-order valence-corrected chi connectivity index (χ1v) is 10.4. The van der Waals surface area contributed by atoms with E-state index in [9.17, 15) is 0 Å². The van der Waals surface area contributed by atoms with Gasteiger partial charge in [-0.25, -0.2) is 4.98 Å². The van der Waals surface area contributed by atoms with Gasteiger partial charge in [0.05, 0.1) is 36.3 Å². The lowest BCUT2D eigenvalue weighted by atomic mass is 9.43. The Morgan fingerprint density at radius 3 is 2.61 bits per heavy atom. The van der Waals surface area contributed by atoms with E-state index in [0.29, 0.717) is 30.0 Å². The molecule has 5 fully saturated rings. The maximum atomic E-state index is 6.28. The molecule has 0 amide bonds. The molecule has 1 saturated heterocycles. The van der Waals surface area contributed by atoms with Crippen molar-refractivity contribution in [3.05, 3.63) is 23.7 Å².